The number of phenols is 1. The number of nitrogen functional groups attached to an aromatic ring is 1. The first-order chi connectivity index (χ1) is 12.2. The second-order valence-corrected chi connectivity index (χ2v) is 7.28. The summed E-state index contributed by atoms with van der Waals surface area (Å²) < 4.78 is 31.9. The quantitative estimate of drug-likeness (QED) is 0.292. The van der Waals surface area contributed by atoms with Crippen LogP contribution in [0.25, 0.3) is 0 Å². The van der Waals surface area contributed by atoms with E-state index in [1.807, 2.05) is 0 Å². The number of fused-ring (bicyclic) bond motifs is 2. The maximum atomic E-state index is 12.9. The largest absolute Gasteiger partial charge is 0.507 e. The molecular weight excluding hydrogens is 362 g/mol. The molecular formula is C17H15NO7S. The van der Waals surface area contributed by atoms with Crippen LogP contribution < -0.4 is 10.5 Å². The summed E-state index contributed by atoms with van der Waals surface area (Å²) >= 11 is 0. The summed E-state index contributed by atoms with van der Waals surface area (Å²) in [4.78, 5) is 25.6. The standard InChI is InChI=1S/C17H15NO7S/c1-26(22,23)25-8-7-24-12-4-2-3-9-13(12)17(21)14-10(18)5-6-11(19)15(14)16(9)20/h2-6,19H,7-8,18H2,1H3. The Morgan fingerprint density at radius 3 is 2.42 bits per heavy atom. The number of aromatic hydroxyl groups is 1. The molecule has 136 valence electrons. The molecule has 8 nitrogen and oxygen atoms in total. The van der Waals surface area contributed by atoms with Crippen molar-refractivity contribution in [3.63, 3.8) is 0 Å². The molecule has 2 aromatic rings. The molecule has 0 aromatic heterocycles. The average molecular weight is 377 g/mol. The molecule has 3 rings (SSSR count). The van der Waals surface area contributed by atoms with Gasteiger partial charge in [-0.05, 0) is 18.2 Å². The van der Waals surface area contributed by atoms with Crippen molar-refractivity contribution in [2.75, 3.05) is 25.2 Å². The molecule has 0 saturated heterocycles. The minimum Gasteiger partial charge on any atom is -0.507 e. The summed E-state index contributed by atoms with van der Waals surface area (Å²) in [6, 6.07) is 7.04. The van der Waals surface area contributed by atoms with Gasteiger partial charge < -0.3 is 15.6 Å². The molecule has 3 N–H and O–H groups in total. The van der Waals surface area contributed by atoms with E-state index in [1.54, 1.807) is 0 Å². The van der Waals surface area contributed by atoms with Gasteiger partial charge in [0.05, 0.1) is 22.9 Å². The highest BCUT2D eigenvalue weighted by atomic mass is 32.2. The van der Waals surface area contributed by atoms with Gasteiger partial charge in [-0.25, -0.2) is 0 Å². The maximum Gasteiger partial charge on any atom is 0.264 e. The Bertz CT molecular complexity index is 1030. The second kappa shape index (κ2) is 6.43. The maximum absolute atomic E-state index is 12.9. The van der Waals surface area contributed by atoms with Crippen LogP contribution in [0.5, 0.6) is 11.5 Å². The molecule has 0 fully saturated rings. The first-order valence-corrected chi connectivity index (χ1v) is 9.33. The first kappa shape index (κ1) is 17.9. The molecule has 0 bridgehead atoms. The summed E-state index contributed by atoms with van der Waals surface area (Å²) in [7, 11) is -3.61. The van der Waals surface area contributed by atoms with Crippen molar-refractivity contribution in [3.8, 4) is 11.5 Å². The van der Waals surface area contributed by atoms with Crippen molar-refractivity contribution in [1.82, 2.24) is 0 Å². The Kier molecular flexibility index (Phi) is 4.43. The van der Waals surface area contributed by atoms with Gasteiger partial charge in [0, 0.05) is 11.3 Å². The van der Waals surface area contributed by atoms with E-state index in [9.17, 15) is 23.1 Å². The highest BCUT2D eigenvalue weighted by Crippen LogP contribution is 2.39. The molecule has 2 aromatic carbocycles. The highest BCUT2D eigenvalue weighted by molar-refractivity contribution is 7.85. The predicted molar refractivity (Wildman–Crippen MR) is 92.1 cm³/mol. The van der Waals surface area contributed by atoms with E-state index in [0.29, 0.717) is 0 Å². The van der Waals surface area contributed by atoms with Gasteiger partial charge in [0.15, 0.2) is 11.6 Å². The lowest BCUT2D eigenvalue weighted by molar-refractivity contribution is 0.0973. The second-order valence-electron chi connectivity index (χ2n) is 5.64. The van der Waals surface area contributed by atoms with Crippen molar-refractivity contribution in [3.05, 3.63) is 52.6 Å². The van der Waals surface area contributed by atoms with Crippen molar-refractivity contribution in [2.45, 2.75) is 0 Å². The average Bonchev–Trinajstić information content (AvgIpc) is 2.57. The third kappa shape index (κ3) is 3.14. The van der Waals surface area contributed by atoms with Crippen LogP contribution in [0, 0.1) is 0 Å². The van der Waals surface area contributed by atoms with Crippen LogP contribution in [0.1, 0.15) is 31.8 Å². The Morgan fingerprint density at radius 2 is 1.73 bits per heavy atom. The number of rotatable bonds is 5. The summed E-state index contributed by atoms with van der Waals surface area (Å²) in [5.41, 5.74) is 5.77. The SMILES string of the molecule is CS(=O)(=O)OCCOc1cccc2c1C(=O)c1c(N)ccc(O)c1C2=O. The Labute approximate surface area is 149 Å². The van der Waals surface area contributed by atoms with Crippen LogP contribution in [-0.2, 0) is 14.3 Å². The Morgan fingerprint density at radius 1 is 1.00 bits per heavy atom. The minimum absolute atomic E-state index is 0.0154. The van der Waals surface area contributed by atoms with Gasteiger partial charge in [-0.2, -0.15) is 8.42 Å². The molecule has 0 saturated carbocycles. The van der Waals surface area contributed by atoms with Gasteiger partial charge in [0.25, 0.3) is 10.1 Å². The van der Waals surface area contributed by atoms with Gasteiger partial charge >= 0.3 is 0 Å². The molecule has 0 heterocycles. The van der Waals surface area contributed by atoms with Gasteiger partial charge in [0.1, 0.15) is 24.7 Å². The van der Waals surface area contributed by atoms with Crippen LogP contribution >= 0.6 is 0 Å². The lowest BCUT2D eigenvalue weighted by atomic mass is 9.82. The number of phenolic OH excluding ortho intramolecular Hbond substituents is 1. The van der Waals surface area contributed by atoms with Crippen LogP contribution in [0.15, 0.2) is 30.3 Å². The highest BCUT2D eigenvalue weighted by Gasteiger charge is 2.35. The molecule has 0 unspecified atom stereocenters. The normalized spacial score (nSPS) is 13.3. The predicted octanol–water partition coefficient (Wildman–Crippen LogP) is 1.10. The van der Waals surface area contributed by atoms with E-state index in [4.69, 9.17) is 10.5 Å². The zero-order chi connectivity index (χ0) is 19.1. The summed E-state index contributed by atoms with van der Waals surface area (Å²) in [5.74, 6) is -1.32. The number of hydrogen-bond donors (Lipinski definition) is 2. The monoisotopic (exact) mass is 377 g/mol. The lowest BCUT2D eigenvalue weighted by Crippen LogP contribution is -2.24. The topological polar surface area (TPSA) is 133 Å². The Hall–Kier alpha value is -2.91. The van der Waals surface area contributed by atoms with Crippen LogP contribution in [-0.4, -0.2) is 44.6 Å². The summed E-state index contributed by atoms with van der Waals surface area (Å²) in [5, 5.41) is 9.98. The zero-order valence-electron chi connectivity index (χ0n) is 13.7. The molecule has 26 heavy (non-hydrogen) atoms. The first-order valence-electron chi connectivity index (χ1n) is 7.51. The molecule has 0 radical (unpaired) electrons. The van der Waals surface area contributed by atoms with E-state index in [1.165, 1.54) is 30.3 Å². The van der Waals surface area contributed by atoms with E-state index in [2.05, 4.69) is 4.18 Å². The summed E-state index contributed by atoms with van der Waals surface area (Å²) in [6.45, 7) is -0.391. The smallest absolute Gasteiger partial charge is 0.264 e. The molecule has 0 spiro atoms. The minimum atomic E-state index is -3.61. The van der Waals surface area contributed by atoms with Gasteiger partial charge in [-0.15, -0.1) is 0 Å². The van der Waals surface area contributed by atoms with E-state index >= 15 is 0 Å². The van der Waals surface area contributed by atoms with Crippen molar-refractivity contribution >= 4 is 27.4 Å². The fourth-order valence-electron chi connectivity index (χ4n) is 2.75. The fourth-order valence-corrected chi connectivity index (χ4v) is 3.12. The number of ether oxygens (including phenoxy) is 1. The van der Waals surface area contributed by atoms with E-state index < -0.39 is 21.7 Å². The molecule has 9 heteroatoms. The number of hydrogen-bond acceptors (Lipinski definition) is 8. The third-order valence-electron chi connectivity index (χ3n) is 3.81. The van der Waals surface area contributed by atoms with Crippen LogP contribution in [0.4, 0.5) is 5.69 Å². The van der Waals surface area contributed by atoms with Gasteiger partial charge in [-0.1, -0.05) is 12.1 Å². The van der Waals surface area contributed by atoms with Crippen molar-refractivity contribution in [2.24, 2.45) is 0 Å². The molecule has 0 atom stereocenters. The van der Waals surface area contributed by atoms with Crippen molar-refractivity contribution < 1.29 is 32.0 Å². The van der Waals surface area contributed by atoms with Crippen LogP contribution in [0.2, 0.25) is 0 Å². The van der Waals surface area contributed by atoms with Crippen LogP contribution in [0.3, 0.4) is 0 Å². The van der Waals surface area contributed by atoms with E-state index in [0.717, 1.165) is 6.26 Å². The number of nitrogens with two attached hydrogens (primary N) is 1. The number of carbonyl (C=O) groups is 2. The molecule has 1 aliphatic rings. The Balaban J connectivity index is 1.98. The lowest BCUT2D eigenvalue weighted by Gasteiger charge is -2.22. The fraction of sp³-hybridized carbons (Fsp3) is 0.176. The number of benzene rings is 2. The number of ketones is 2. The third-order valence-corrected chi connectivity index (χ3v) is 4.40. The number of carbonyl (C=O) groups excluding carboxylic acids is 2. The molecule has 0 aliphatic heterocycles. The number of anilines is 1. The summed E-state index contributed by atoms with van der Waals surface area (Å²) in [6.07, 6.45) is 0.908. The van der Waals surface area contributed by atoms with Gasteiger partial charge in [-0.3, -0.25) is 13.8 Å². The van der Waals surface area contributed by atoms with E-state index in [-0.39, 0.29) is 52.7 Å². The molecule has 0 amide bonds. The zero-order valence-corrected chi connectivity index (χ0v) is 14.5. The van der Waals surface area contributed by atoms with Crippen molar-refractivity contribution in [1.29, 1.82) is 0 Å². The van der Waals surface area contributed by atoms with Gasteiger partial charge in [0.2, 0.25) is 0 Å². The molecule has 1 aliphatic carbocycles.